The average molecular weight is 446 g/mol. The van der Waals surface area contributed by atoms with Crippen LogP contribution in [-0.4, -0.2) is 21.5 Å². The van der Waals surface area contributed by atoms with Gasteiger partial charge in [-0.25, -0.2) is 13.8 Å². The van der Waals surface area contributed by atoms with E-state index in [1.54, 1.807) is 6.92 Å². The average Bonchev–Trinajstić information content (AvgIpc) is 3.36. The van der Waals surface area contributed by atoms with Crippen molar-refractivity contribution in [3.63, 3.8) is 0 Å². The number of carbonyl (C=O) groups is 1. The third-order valence-corrected chi connectivity index (χ3v) is 6.43. The summed E-state index contributed by atoms with van der Waals surface area (Å²) in [6, 6.07) is 6.98. The molecular weight excluding hydrogens is 428 g/mol. The quantitative estimate of drug-likeness (QED) is 0.484. The lowest BCUT2D eigenvalue weighted by Gasteiger charge is -2.15. The molecule has 1 N–H and O–H groups in total. The molecule has 3 heterocycles. The van der Waals surface area contributed by atoms with Gasteiger partial charge in [0.15, 0.2) is 0 Å². The Balaban J connectivity index is 1.51. The van der Waals surface area contributed by atoms with E-state index >= 15 is 0 Å². The molecule has 1 atom stereocenters. The summed E-state index contributed by atoms with van der Waals surface area (Å²) in [5.41, 5.74) is 0.428. The molecule has 0 fully saturated rings. The van der Waals surface area contributed by atoms with Crippen LogP contribution in [-0.2, 0) is 17.8 Å². The molecule has 4 aromatic rings. The monoisotopic (exact) mass is 445 g/mol. The number of halogens is 2. The predicted octanol–water partition coefficient (Wildman–Crippen LogP) is 4.21. The third-order valence-electron chi connectivity index (χ3n) is 4.64. The number of fused-ring (bicyclic) bond motifs is 1. The van der Waals surface area contributed by atoms with Gasteiger partial charge in [-0.2, -0.15) is 0 Å². The second-order valence-corrected chi connectivity index (χ2v) is 8.66. The molecule has 3 aromatic heterocycles. The van der Waals surface area contributed by atoms with Crippen LogP contribution in [0.15, 0.2) is 52.2 Å². The number of hydrogen-bond donors (Lipinski definition) is 1. The summed E-state index contributed by atoms with van der Waals surface area (Å²) in [4.78, 5) is 31.3. The van der Waals surface area contributed by atoms with Crippen LogP contribution in [0.4, 0.5) is 8.78 Å². The van der Waals surface area contributed by atoms with Gasteiger partial charge in [-0.15, -0.1) is 22.7 Å². The molecule has 0 aliphatic carbocycles. The van der Waals surface area contributed by atoms with Crippen molar-refractivity contribution in [3.8, 4) is 10.4 Å². The Bertz CT molecular complexity index is 1240. The van der Waals surface area contributed by atoms with Crippen LogP contribution in [0.3, 0.4) is 0 Å². The lowest BCUT2D eigenvalue weighted by Crippen LogP contribution is -2.38. The minimum atomic E-state index is -0.652. The SMILES string of the molecule is CC(Cc1c(F)cccc1F)NC(=O)Cn1cnc2scc(-c3cccs3)c2c1=O. The molecule has 0 bridgehead atoms. The predicted molar refractivity (Wildman–Crippen MR) is 115 cm³/mol. The van der Waals surface area contributed by atoms with Crippen molar-refractivity contribution in [2.75, 3.05) is 0 Å². The van der Waals surface area contributed by atoms with E-state index in [0.717, 1.165) is 10.4 Å². The molecule has 9 heteroatoms. The normalized spacial score (nSPS) is 12.2. The molecule has 30 heavy (non-hydrogen) atoms. The molecule has 0 radical (unpaired) electrons. The minimum Gasteiger partial charge on any atom is -0.352 e. The highest BCUT2D eigenvalue weighted by Crippen LogP contribution is 2.33. The summed E-state index contributed by atoms with van der Waals surface area (Å²) in [6.45, 7) is 1.42. The second kappa shape index (κ2) is 8.45. The zero-order valence-corrected chi connectivity index (χ0v) is 17.5. The number of amides is 1. The lowest BCUT2D eigenvalue weighted by atomic mass is 10.1. The molecule has 0 spiro atoms. The summed E-state index contributed by atoms with van der Waals surface area (Å²) < 4.78 is 28.9. The number of nitrogens with zero attached hydrogens (tertiary/aromatic N) is 2. The zero-order chi connectivity index (χ0) is 21.3. The van der Waals surface area contributed by atoms with Gasteiger partial charge in [0, 0.05) is 27.4 Å². The van der Waals surface area contributed by atoms with E-state index in [4.69, 9.17) is 0 Å². The maximum absolute atomic E-state index is 13.8. The van der Waals surface area contributed by atoms with Crippen LogP contribution in [0.2, 0.25) is 0 Å². The summed E-state index contributed by atoms with van der Waals surface area (Å²) in [5.74, 6) is -1.74. The first-order valence-electron chi connectivity index (χ1n) is 9.17. The molecule has 0 saturated heterocycles. The van der Waals surface area contributed by atoms with Gasteiger partial charge in [0.2, 0.25) is 5.91 Å². The van der Waals surface area contributed by atoms with Crippen molar-refractivity contribution in [2.24, 2.45) is 0 Å². The van der Waals surface area contributed by atoms with Gasteiger partial charge >= 0.3 is 0 Å². The van der Waals surface area contributed by atoms with Crippen molar-refractivity contribution in [2.45, 2.75) is 25.9 Å². The molecule has 5 nitrogen and oxygen atoms in total. The van der Waals surface area contributed by atoms with Gasteiger partial charge in [-0.3, -0.25) is 14.2 Å². The van der Waals surface area contributed by atoms with E-state index in [1.807, 2.05) is 22.9 Å². The number of nitrogens with one attached hydrogen (secondary N) is 1. The topological polar surface area (TPSA) is 64.0 Å². The highest BCUT2D eigenvalue weighted by atomic mass is 32.1. The van der Waals surface area contributed by atoms with Gasteiger partial charge in [0.05, 0.1) is 11.7 Å². The van der Waals surface area contributed by atoms with Crippen molar-refractivity contribution in [1.82, 2.24) is 14.9 Å². The van der Waals surface area contributed by atoms with Gasteiger partial charge in [-0.05, 0) is 36.9 Å². The van der Waals surface area contributed by atoms with Crippen molar-refractivity contribution >= 4 is 38.8 Å². The van der Waals surface area contributed by atoms with Crippen LogP contribution in [0.1, 0.15) is 12.5 Å². The lowest BCUT2D eigenvalue weighted by molar-refractivity contribution is -0.122. The summed E-state index contributed by atoms with van der Waals surface area (Å²) in [5, 5.41) is 6.99. The van der Waals surface area contributed by atoms with Crippen molar-refractivity contribution in [3.05, 3.63) is 75.0 Å². The van der Waals surface area contributed by atoms with Crippen molar-refractivity contribution in [1.29, 1.82) is 0 Å². The van der Waals surface area contributed by atoms with E-state index in [-0.39, 0.29) is 24.1 Å². The van der Waals surface area contributed by atoms with Crippen molar-refractivity contribution < 1.29 is 13.6 Å². The smallest absolute Gasteiger partial charge is 0.263 e. The Labute approximate surface area is 178 Å². The minimum absolute atomic E-state index is 0.00346. The fourth-order valence-electron chi connectivity index (χ4n) is 3.25. The Morgan fingerprint density at radius 3 is 2.67 bits per heavy atom. The highest BCUT2D eigenvalue weighted by molar-refractivity contribution is 7.18. The number of carbonyl (C=O) groups excluding carboxylic acids is 1. The molecule has 154 valence electrons. The summed E-state index contributed by atoms with van der Waals surface area (Å²) >= 11 is 2.90. The van der Waals surface area contributed by atoms with Gasteiger partial charge in [0.1, 0.15) is 23.0 Å². The molecule has 4 rings (SSSR count). The fraction of sp³-hybridized carbons (Fsp3) is 0.190. The molecule has 1 amide bonds. The maximum atomic E-state index is 13.8. The number of rotatable bonds is 6. The Morgan fingerprint density at radius 1 is 1.20 bits per heavy atom. The van der Waals surface area contributed by atoms with Crippen LogP contribution < -0.4 is 10.9 Å². The van der Waals surface area contributed by atoms with Gasteiger partial charge in [0.25, 0.3) is 5.56 Å². The van der Waals surface area contributed by atoms with Gasteiger partial charge < -0.3 is 5.32 Å². The first-order chi connectivity index (χ1) is 14.4. The number of thiophene rings is 2. The molecule has 1 aromatic carbocycles. The molecule has 0 aliphatic rings. The molecule has 1 unspecified atom stereocenters. The number of benzene rings is 1. The number of aromatic nitrogens is 2. The van der Waals surface area contributed by atoms with E-state index in [2.05, 4.69) is 10.3 Å². The van der Waals surface area contributed by atoms with E-state index in [9.17, 15) is 18.4 Å². The Kier molecular flexibility index (Phi) is 5.74. The highest BCUT2D eigenvalue weighted by Gasteiger charge is 2.17. The Hall–Kier alpha value is -2.91. The third kappa shape index (κ3) is 4.03. The van der Waals surface area contributed by atoms with Crippen LogP contribution in [0.5, 0.6) is 0 Å². The van der Waals surface area contributed by atoms with E-state index in [0.29, 0.717) is 10.2 Å². The fourth-order valence-corrected chi connectivity index (χ4v) is 4.97. The molecular formula is C21H17F2N3O2S2. The van der Waals surface area contributed by atoms with E-state index < -0.39 is 23.6 Å². The van der Waals surface area contributed by atoms with Crippen LogP contribution in [0.25, 0.3) is 20.7 Å². The van der Waals surface area contributed by atoms with Gasteiger partial charge in [-0.1, -0.05) is 12.1 Å². The first-order valence-corrected chi connectivity index (χ1v) is 10.9. The maximum Gasteiger partial charge on any atom is 0.263 e. The Morgan fingerprint density at radius 2 is 1.97 bits per heavy atom. The summed E-state index contributed by atoms with van der Waals surface area (Å²) in [7, 11) is 0. The standard InChI is InChI=1S/C21H17F2N3O2S2/c1-12(8-13-15(22)4-2-5-16(13)23)25-18(27)9-26-11-24-20-19(21(26)28)14(10-30-20)17-6-3-7-29-17/h2-7,10-12H,8-9H2,1H3,(H,25,27). The molecule has 0 saturated carbocycles. The number of hydrogen-bond acceptors (Lipinski definition) is 5. The van der Waals surface area contributed by atoms with Crippen LogP contribution in [0, 0.1) is 11.6 Å². The molecule has 0 aliphatic heterocycles. The zero-order valence-electron chi connectivity index (χ0n) is 15.9. The first kappa shape index (κ1) is 20.4. The summed E-state index contributed by atoms with van der Waals surface area (Å²) in [6.07, 6.45) is 1.35. The van der Waals surface area contributed by atoms with Crippen LogP contribution >= 0.6 is 22.7 Å². The van der Waals surface area contributed by atoms with E-state index in [1.165, 1.54) is 51.8 Å². The largest absolute Gasteiger partial charge is 0.352 e. The second-order valence-electron chi connectivity index (χ2n) is 6.86.